The number of nitrogens with two attached hydrogens (primary N) is 1. The van der Waals surface area contributed by atoms with E-state index in [1.165, 1.54) is 19.2 Å². The van der Waals surface area contributed by atoms with E-state index in [0.717, 1.165) is 4.47 Å². The summed E-state index contributed by atoms with van der Waals surface area (Å²) >= 11 is 9.43. The molecule has 0 unspecified atom stereocenters. The number of halogens is 2. The van der Waals surface area contributed by atoms with Crippen LogP contribution in [0.1, 0.15) is 10.4 Å². The number of esters is 1. The Morgan fingerprint density at radius 2 is 1.90 bits per heavy atom. The third-order valence-corrected chi connectivity index (χ3v) is 3.31. The molecule has 0 saturated heterocycles. The fourth-order valence-corrected chi connectivity index (χ4v) is 2.13. The monoisotopic (exact) mass is 355 g/mol. The van der Waals surface area contributed by atoms with E-state index in [4.69, 9.17) is 26.8 Å². The second kappa shape index (κ2) is 6.15. The van der Waals surface area contributed by atoms with Gasteiger partial charge in [-0.2, -0.15) is 0 Å². The molecule has 20 heavy (non-hydrogen) atoms. The van der Waals surface area contributed by atoms with E-state index < -0.39 is 5.97 Å². The van der Waals surface area contributed by atoms with Crippen LogP contribution >= 0.6 is 27.5 Å². The number of methoxy groups -OCH3 is 1. The highest BCUT2D eigenvalue weighted by Gasteiger charge is 2.18. The first-order valence-electron chi connectivity index (χ1n) is 5.62. The Morgan fingerprint density at radius 1 is 1.25 bits per heavy atom. The molecule has 0 atom stereocenters. The molecule has 0 amide bonds. The van der Waals surface area contributed by atoms with Crippen molar-refractivity contribution in [1.29, 1.82) is 0 Å². The Balaban J connectivity index is 2.44. The van der Waals surface area contributed by atoms with Crippen LogP contribution in [0, 0.1) is 0 Å². The van der Waals surface area contributed by atoms with Crippen molar-refractivity contribution >= 4 is 39.2 Å². The van der Waals surface area contributed by atoms with Gasteiger partial charge in [0.2, 0.25) is 0 Å². The molecule has 6 heteroatoms. The predicted octanol–water partition coefficient (Wildman–Crippen LogP) is 4.26. The molecular formula is C14H11BrClNO3. The first-order chi connectivity index (χ1) is 9.51. The number of ether oxygens (including phenoxy) is 2. The number of hydrogen-bond donors (Lipinski definition) is 1. The molecule has 2 aromatic carbocycles. The molecule has 0 heterocycles. The number of anilines is 1. The maximum Gasteiger partial charge on any atom is 0.341 e. The van der Waals surface area contributed by atoms with Crippen LogP contribution in [-0.2, 0) is 4.74 Å². The number of carbonyl (C=O) groups is 1. The van der Waals surface area contributed by atoms with Gasteiger partial charge >= 0.3 is 5.97 Å². The molecule has 0 saturated carbocycles. The van der Waals surface area contributed by atoms with Crippen molar-refractivity contribution in [3.05, 3.63) is 51.5 Å². The first-order valence-corrected chi connectivity index (χ1v) is 6.79. The summed E-state index contributed by atoms with van der Waals surface area (Å²) in [4.78, 5) is 11.8. The molecule has 2 N–H and O–H groups in total. The van der Waals surface area contributed by atoms with Crippen LogP contribution in [0.15, 0.2) is 40.9 Å². The third-order valence-electron chi connectivity index (χ3n) is 2.50. The van der Waals surface area contributed by atoms with Crippen LogP contribution in [-0.4, -0.2) is 13.1 Å². The number of carbonyl (C=O) groups excluding carboxylic acids is 1. The minimum atomic E-state index is -0.564. The van der Waals surface area contributed by atoms with Crippen LogP contribution in [0.2, 0.25) is 5.02 Å². The fraction of sp³-hybridized carbons (Fsp3) is 0.0714. The average molecular weight is 357 g/mol. The van der Waals surface area contributed by atoms with Gasteiger partial charge in [0.05, 0.1) is 12.1 Å². The van der Waals surface area contributed by atoms with Gasteiger partial charge in [0.15, 0.2) is 5.75 Å². The maximum atomic E-state index is 11.8. The Labute approximate surface area is 129 Å². The van der Waals surface area contributed by atoms with E-state index >= 15 is 0 Å². The largest absolute Gasteiger partial charge is 0.465 e. The van der Waals surface area contributed by atoms with Crippen molar-refractivity contribution in [1.82, 2.24) is 0 Å². The van der Waals surface area contributed by atoms with Gasteiger partial charge in [-0.3, -0.25) is 0 Å². The van der Waals surface area contributed by atoms with E-state index in [1.807, 2.05) is 12.1 Å². The van der Waals surface area contributed by atoms with Crippen molar-refractivity contribution in [2.75, 3.05) is 12.8 Å². The fourth-order valence-electron chi connectivity index (χ4n) is 1.60. The number of nitrogen functional groups attached to an aromatic ring is 1. The molecule has 2 aromatic rings. The molecule has 0 radical (unpaired) electrons. The van der Waals surface area contributed by atoms with E-state index in [1.54, 1.807) is 12.1 Å². The lowest BCUT2D eigenvalue weighted by Gasteiger charge is -2.12. The zero-order valence-electron chi connectivity index (χ0n) is 10.5. The standard InChI is InChI=1S/C14H11BrClNO3/c1-19-14(18)11-6-9(17)7-12(16)13(11)20-10-4-2-8(15)3-5-10/h2-7H,17H2,1H3. The maximum absolute atomic E-state index is 11.8. The van der Waals surface area contributed by atoms with Gasteiger partial charge in [-0.15, -0.1) is 0 Å². The van der Waals surface area contributed by atoms with E-state index in [0.29, 0.717) is 11.4 Å². The number of rotatable bonds is 3. The van der Waals surface area contributed by atoms with Gasteiger partial charge in [-0.1, -0.05) is 27.5 Å². The van der Waals surface area contributed by atoms with Gasteiger partial charge in [0, 0.05) is 10.2 Å². The van der Waals surface area contributed by atoms with Gasteiger partial charge in [-0.05, 0) is 36.4 Å². The first kappa shape index (κ1) is 14.7. The number of hydrogen-bond acceptors (Lipinski definition) is 4. The van der Waals surface area contributed by atoms with E-state index in [2.05, 4.69) is 15.9 Å². The highest BCUT2D eigenvalue weighted by Crippen LogP contribution is 2.35. The summed E-state index contributed by atoms with van der Waals surface area (Å²) < 4.78 is 11.3. The van der Waals surface area contributed by atoms with Crippen molar-refractivity contribution in [3.8, 4) is 11.5 Å². The van der Waals surface area contributed by atoms with Gasteiger partial charge in [-0.25, -0.2) is 4.79 Å². The Hall–Kier alpha value is -1.72. The SMILES string of the molecule is COC(=O)c1cc(N)cc(Cl)c1Oc1ccc(Br)cc1. The summed E-state index contributed by atoms with van der Waals surface area (Å²) in [6.45, 7) is 0. The van der Waals surface area contributed by atoms with Crippen LogP contribution in [0.4, 0.5) is 5.69 Å². The topological polar surface area (TPSA) is 61.5 Å². The summed E-state index contributed by atoms with van der Waals surface area (Å²) in [5, 5.41) is 0.244. The molecular weight excluding hydrogens is 346 g/mol. The zero-order chi connectivity index (χ0) is 14.7. The molecule has 0 aromatic heterocycles. The molecule has 0 aliphatic carbocycles. The number of benzene rings is 2. The molecule has 4 nitrogen and oxygen atoms in total. The zero-order valence-corrected chi connectivity index (χ0v) is 12.9. The molecule has 0 spiro atoms. The quantitative estimate of drug-likeness (QED) is 0.659. The Kier molecular flexibility index (Phi) is 4.52. The normalized spacial score (nSPS) is 10.2. The van der Waals surface area contributed by atoms with Gasteiger partial charge in [0.25, 0.3) is 0 Å². The van der Waals surface area contributed by atoms with E-state index in [9.17, 15) is 4.79 Å². The van der Waals surface area contributed by atoms with Gasteiger partial charge in [0.1, 0.15) is 11.3 Å². The molecule has 2 rings (SSSR count). The highest BCUT2D eigenvalue weighted by atomic mass is 79.9. The predicted molar refractivity (Wildman–Crippen MR) is 81.4 cm³/mol. The summed E-state index contributed by atoms with van der Waals surface area (Å²) in [5.41, 5.74) is 6.22. The third kappa shape index (κ3) is 3.23. The Bertz CT molecular complexity index is 644. The second-order valence-corrected chi connectivity index (χ2v) is 5.25. The average Bonchev–Trinajstić information content (AvgIpc) is 2.42. The Morgan fingerprint density at radius 3 is 2.50 bits per heavy atom. The molecule has 0 aliphatic heterocycles. The van der Waals surface area contributed by atoms with Crippen molar-refractivity contribution in [2.45, 2.75) is 0 Å². The van der Waals surface area contributed by atoms with Crippen molar-refractivity contribution in [3.63, 3.8) is 0 Å². The molecule has 0 bridgehead atoms. The molecule has 0 aliphatic rings. The van der Waals surface area contributed by atoms with Crippen molar-refractivity contribution in [2.24, 2.45) is 0 Å². The van der Waals surface area contributed by atoms with Crippen LogP contribution < -0.4 is 10.5 Å². The smallest absolute Gasteiger partial charge is 0.341 e. The summed E-state index contributed by atoms with van der Waals surface area (Å²) in [6.07, 6.45) is 0. The minimum absolute atomic E-state index is 0.181. The van der Waals surface area contributed by atoms with Crippen LogP contribution in [0.25, 0.3) is 0 Å². The van der Waals surface area contributed by atoms with Gasteiger partial charge < -0.3 is 15.2 Å². The second-order valence-electron chi connectivity index (χ2n) is 3.93. The van der Waals surface area contributed by atoms with Crippen LogP contribution in [0.5, 0.6) is 11.5 Å². The lowest BCUT2D eigenvalue weighted by atomic mass is 10.1. The summed E-state index contributed by atoms with van der Waals surface area (Å²) in [7, 11) is 1.28. The summed E-state index contributed by atoms with van der Waals surface area (Å²) in [5.74, 6) is 0.200. The lowest BCUT2D eigenvalue weighted by molar-refractivity contribution is 0.0598. The van der Waals surface area contributed by atoms with Crippen molar-refractivity contribution < 1.29 is 14.3 Å². The van der Waals surface area contributed by atoms with Crippen LogP contribution in [0.3, 0.4) is 0 Å². The molecule has 0 fully saturated rings. The van der Waals surface area contributed by atoms with E-state index in [-0.39, 0.29) is 16.3 Å². The highest BCUT2D eigenvalue weighted by molar-refractivity contribution is 9.10. The summed E-state index contributed by atoms with van der Waals surface area (Å²) in [6, 6.07) is 10.1. The molecule has 104 valence electrons. The lowest BCUT2D eigenvalue weighted by Crippen LogP contribution is -2.05. The minimum Gasteiger partial charge on any atom is -0.465 e.